The molecule has 1 aromatic carbocycles. The van der Waals surface area contributed by atoms with E-state index in [2.05, 4.69) is 5.32 Å². The number of fused-ring (bicyclic) bond motifs is 1. The summed E-state index contributed by atoms with van der Waals surface area (Å²) in [4.78, 5) is 11.2. The Morgan fingerprint density at radius 3 is 3.06 bits per heavy atom. The first-order chi connectivity index (χ1) is 7.31. The highest BCUT2D eigenvalue weighted by Crippen LogP contribution is 2.32. The number of para-hydroxylation sites is 1. The minimum Gasteiger partial charge on any atom is -0.491 e. The summed E-state index contributed by atoms with van der Waals surface area (Å²) < 4.78 is 5.54. The lowest BCUT2D eigenvalue weighted by Gasteiger charge is -2.20. The maximum atomic E-state index is 11.2. The number of benzene rings is 1. The van der Waals surface area contributed by atoms with Crippen molar-refractivity contribution in [1.29, 1.82) is 0 Å². The summed E-state index contributed by atoms with van der Waals surface area (Å²) in [5.74, 6) is 0.600. The Morgan fingerprint density at radius 2 is 2.31 bits per heavy atom. The Bertz CT molecular complexity index is 382. The first-order valence-electron chi connectivity index (χ1n) is 5.06. The number of carbonyl (C=O) groups is 1. The van der Waals surface area contributed by atoms with Crippen molar-refractivity contribution >= 4 is 24.0 Å². The number of aryl methyl sites for hydroxylation is 1. The zero-order valence-electron chi connectivity index (χ0n) is 8.86. The summed E-state index contributed by atoms with van der Waals surface area (Å²) in [6.07, 6.45) is 2.03. The van der Waals surface area contributed by atoms with Crippen LogP contribution in [0.1, 0.15) is 12.0 Å². The van der Waals surface area contributed by atoms with Crippen LogP contribution in [0.3, 0.4) is 0 Å². The molecule has 0 atom stereocenters. The highest BCUT2D eigenvalue weighted by molar-refractivity contribution is 5.93. The Labute approximate surface area is 101 Å². The average molecular weight is 243 g/mol. The lowest BCUT2D eigenvalue weighted by atomic mass is 10.1. The third-order valence-corrected chi connectivity index (χ3v) is 2.39. The lowest BCUT2D eigenvalue weighted by molar-refractivity contribution is -0.114. The predicted molar refractivity (Wildman–Crippen MR) is 65.2 cm³/mol. The van der Waals surface area contributed by atoms with Crippen molar-refractivity contribution < 1.29 is 9.53 Å². The molecule has 16 heavy (non-hydrogen) atoms. The summed E-state index contributed by atoms with van der Waals surface area (Å²) >= 11 is 0. The Hall–Kier alpha value is -1.26. The first kappa shape index (κ1) is 12.8. The van der Waals surface area contributed by atoms with Gasteiger partial charge in [0.25, 0.3) is 0 Å². The Balaban J connectivity index is 0.00000128. The number of carbonyl (C=O) groups excluding carboxylic acids is 1. The molecule has 1 heterocycles. The standard InChI is InChI=1S/C11H14N2O2.ClH/c12-7-10(14)13-9-5-1-3-8-4-2-6-15-11(8)9;/h1,3,5H,2,4,6-7,12H2,(H,13,14);1H. The van der Waals surface area contributed by atoms with E-state index in [9.17, 15) is 4.79 Å². The molecule has 0 unspecified atom stereocenters. The number of ether oxygens (including phenoxy) is 1. The fourth-order valence-corrected chi connectivity index (χ4v) is 1.69. The summed E-state index contributed by atoms with van der Waals surface area (Å²) in [7, 11) is 0. The molecule has 0 saturated carbocycles. The van der Waals surface area contributed by atoms with Gasteiger partial charge >= 0.3 is 0 Å². The van der Waals surface area contributed by atoms with Gasteiger partial charge in [-0.1, -0.05) is 12.1 Å². The van der Waals surface area contributed by atoms with Crippen LogP contribution in [0.5, 0.6) is 5.75 Å². The summed E-state index contributed by atoms with van der Waals surface area (Å²) in [6.45, 7) is 0.701. The average Bonchev–Trinajstić information content (AvgIpc) is 2.29. The van der Waals surface area contributed by atoms with Crippen LogP contribution in [0.25, 0.3) is 0 Å². The van der Waals surface area contributed by atoms with Gasteiger partial charge in [-0.2, -0.15) is 0 Å². The van der Waals surface area contributed by atoms with Crippen molar-refractivity contribution in [3.63, 3.8) is 0 Å². The van der Waals surface area contributed by atoms with Gasteiger partial charge in [-0.25, -0.2) is 0 Å². The molecule has 1 amide bonds. The summed E-state index contributed by atoms with van der Waals surface area (Å²) in [5, 5.41) is 2.73. The molecule has 4 nitrogen and oxygen atoms in total. The van der Waals surface area contributed by atoms with Gasteiger partial charge in [-0.15, -0.1) is 12.4 Å². The highest BCUT2D eigenvalue weighted by atomic mass is 35.5. The SMILES string of the molecule is Cl.NCC(=O)Nc1cccc2c1OCCC2. The number of anilines is 1. The number of nitrogens with one attached hydrogen (secondary N) is 1. The van der Waals surface area contributed by atoms with Gasteiger partial charge in [0.05, 0.1) is 18.8 Å². The molecule has 0 spiro atoms. The van der Waals surface area contributed by atoms with E-state index in [1.54, 1.807) is 0 Å². The van der Waals surface area contributed by atoms with Crippen LogP contribution in [0.2, 0.25) is 0 Å². The van der Waals surface area contributed by atoms with Gasteiger partial charge in [0.15, 0.2) is 0 Å². The number of hydrogen-bond acceptors (Lipinski definition) is 3. The molecule has 1 aromatic rings. The van der Waals surface area contributed by atoms with E-state index in [0.717, 1.165) is 29.8 Å². The Kier molecular flexibility index (Phi) is 4.58. The second-order valence-electron chi connectivity index (χ2n) is 3.50. The fraction of sp³-hybridized carbons (Fsp3) is 0.364. The molecule has 0 bridgehead atoms. The van der Waals surface area contributed by atoms with Crippen molar-refractivity contribution in [2.45, 2.75) is 12.8 Å². The molecule has 5 heteroatoms. The number of hydrogen-bond donors (Lipinski definition) is 2. The van der Waals surface area contributed by atoms with Crippen LogP contribution < -0.4 is 15.8 Å². The van der Waals surface area contributed by atoms with Gasteiger partial charge in [0.2, 0.25) is 5.91 Å². The number of nitrogens with two attached hydrogens (primary N) is 1. The first-order valence-corrected chi connectivity index (χ1v) is 5.06. The summed E-state index contributed by atoms with van der Waals surface area (Å²) in [5.41, 5.74) is 7.12. The van der Waals surface area contributed by atoms with E-state index in [4.69, 9.17) is 10.5 Å². The maximum absolute atomic E-state index is 11.2. The van der Waals surface area contributed by atoms with Crippen LogP contribution >= 0.6 is 12.4 Å². The second kappa shape index (κ2) is 5.72. The van der Waals surface area contributed by atoms with Gasteiger partial charge in [-0.05, 0) is 24.5 Å². The van der Waals surface area contributed by atoms with E-state index < -0.39 is 0 Å². The molecule has 0 radical (unpaired) electrons. The van der Waals surface area contributed by atoms with Crippen LogP contribution in [-0.2, 0) is 11.2 Å². The largest absolute Gasteiger partial charge is 0.491 e. The smallest absolute Gasteiger partial charge is 0.238 e. The molecule has 0 fully saturated rings. The van der Waals surface area contributed by atoms with Crippen LogP contribution in [0.15, 0.2) is 18.2 Å². The van der Waals surface area contributed by atoms with Crippen molar-refractivity contribution in [2.24, 2.45) is 5.73 Å². The summed E-state index contributed by atoms with van der Waals surface area (Å²) in [6, 6.07) is 5.77. The van der Waals surface area contributed by atoms with Crippen molar-refractivity contribution in [1.82, 2.24) is 0 Å². The van der Waals surface area contributed by atoms with Crippen LogP contribution in [0, 0.1) is 0 Å². The predicted octanol–water partition coefficient (Wildman–Crippen LogP) is 1.33. The number of rotatable bonds is 2. The van der Waals surface area contributed by atoms with E-state index in [1.165, 1.54) is 0 Å². The molecular formula is C11H15ClN2O2. The molecule has 88 valence electrons. The minimum absolute atomic E-state index is 0. The van der Waals surface area contributed by atoms with E-state index in [-0.39, 0.29) is 24.9 Å². The molecule has 1 aliphatic rings. The van der Waals surface area contributed by atoms with Gasteiger partial charge in [0.1, 0.15) is 5.75 Å². The molecule has 2 rings (SSSR count). The third-order valence-electron chi connectivity index (χ3n) is 2.39. The quantitative estimate of drug-likeness (QED) is 0.823. The topological polar surface area (TPSA) is 64.4 Å². The zero-order chi connectivity index (χ0) is 10.7. The number of halogens is 1. The van der Waals surface area contributed by atoms with Gasteiger partial charge in [-0.3, -0.25) is 4.79 Å². The maximum Gasteiger partial charge on any atom is 0.238 e. The van der Waals surface area contributed by atoms with E-state index in [0.29, 0.717) is 6.61 Å². The monoisotopic (exact) mass is 242 g/mol. The van der Waals surface area contributed by atoms with Crippen molar-refractivity contribution in [3.05, 3.63) is 23.8 Å². The van der Waals surface area contributed by atoms with Gasteiger partial charge in [0, 0.05) is 0 Å². The zero-order valence-corrected chi connectivity index (χ0v) is 9.68. The van der Waals surface area contributed by atoms with Crippen molar-refractivity contribution in [2.75, 3.05) is 18.5 Å². The third kappa shape index (κ3) is 2.65. The molecular weight excluding hydrogens is 228 g/mol. The molecule has 1 aliphatic heterocycles. The fourth-order valence-electron chi connectivity index (χ4n) is 1.69. The normalized spacial score (nSPS) is 13.1. The van der Waals surface area contributed by atoms with E-state index >= 15 is 0 Å². The van der Waals surface area contributed by atoms with E-state index in [1.807, 2.05) is 18.2 Å². The van der Waals surface area contributed by atoms with Crippen molar-refractivity contribution in [3.8, 4) is 5.75 Å². The minimum atomic E-state index is -0.197. The lowest BCUT2D eigenvalue weighted by Crippen LogP contribution is -2.23. The van der Waals surface area contributed by atoms with Gasteiger partial charge < -0.3 is 15.8 Å². The number of amides is 1. The molecule has 0 saturated heterocycles. The highest BCUT2D eigenvalue weighted by Gasteiger charge is 2.14. The Morgan fingerprint density at radius 1 is 1.50 bits per heavy atom. The molecule has 0 aromatic heterocycles. The molecule has 0 aliphatic carbocycles. The van der Waals surface area contributed by atoms with Crippen LogP contribution in [-0.4, -0.2) is 19.1 Å². The molecule has 3 N–H and O–H groups in total. The van der Waals surface area contributed by atoms with Crippen LogP contribution in [0.4, 0.5) is 5.69 Å². The second-order valence-corrected chi connectivity index (χ2v) is 3.50.